The highest BCUT2D eigenvalue weighted by atomic mass is 16.5. The molecular weight excluding hydrogens is 438 g/mol. The number of methoxy groups -OCH3 is 1. The third-order valence-electron chi connectivity index (χ3n) is 6.46. The molecule has 4 aromatic rings. The lowest BCUT2D eigenvalue weighted by Crippen LogP contribution is -2.30. The van der Waals surface area contributed by atoms with Gasteiger partial charge in [0, 0.05) is 36.2 Å². The minimum absolute atomic E-state index is 0.0220. The Labute approximate surface area is 205 Å². The van der Waals surface area contributed by atoms with Crippen LogP contribution in [-0.4, -0.2) is 29.3 Å². The zero-order valence-electron chi connectivity index (χ0n) is 19.7. The molecule has 178 valence electrons. The maximum Gasteiger partial charge on any atom is 0.227 e. The fourth-order valence-electron chi connectivity index (χ4n) is 4.56. The van der Waals surface area contributed by atoms with E-state index < -0.39 is 0 Å². The smallest absolute Gasteiger partial charge is 0.227 e. The van der Waals surface area contributed by atoms with Crippen molar-refractivity contribution in [2.24, 2.45) is 5.92 Å². The third kappa shape index (κ3) is 5.61. The van der Waals surface area contributed by atoms with Gasteiger partial charge in [-0.05, 0) is 55.2 Å². The Morgan fingerprint density at radius 1 is 1.00 bits per heavy atom. The SMILES string of the molecule is COC1CCCC(C(=O)Nc2cccc(Oc3ccc4c(/C=C/c5ccccc5)n[nH]c4c3)c2)C1. The Kier molecular flexibility index (Phi) is 6.91. The highest BCUT2D eigenvalue weighted by molar-refractivity contribution is 5.93. The molecule has 1 fully saturated rings. The molecular formula is C29H29N3O3. The summed E-state index contributed by atoms with van der Waals surface area (Å²) in [6.07, 6.45) is 7.92. The van der Waals surface area contributed by atoms with Gasteiger partial charge in [0.25, 0.3) is 0 Å². The van der Waals surface area contributed by atoms with E-state index in [-0.39, 0.29) is 17.9 Å². The number of nitrogens with one attached hydrogen (secondary N) is 2. The Bertz CT molecular complexity index is 1330. The van der Waals surface area contributed by atoms with Gasteiger partial charge in [-0.15, -0.1) is 0 Å². The van der Waals surface area contributed by atoms with Crippen molar-refractivity contribution in [3.8, 4) is 11.5 Å². The van der Waals surface area contributed by atoms with Gasteiger partial charge >= 0.3 is 0 Å². The van der Waals surface area contributed by atoms with E-state index in [0.29, 0.717) is 11.5 Å². The summed E-state index contributed by atoms with van der Waals surface area (Å²) in [6, 6.07) is 23.5. The van der Waals surface area contributed by atoms with Crippen LogP contribution in [0.5, 0.6) is 11.5 Å². The minimum Gasteiger partial charge on any atom is -0.457 e. The summed E-state index contributed by atoms with van der Waals surface area (Å²) in [5, 5.41) is 11.6. The molecule has 0 radical (unpaired) electrons. The molecule has 35 heavy (non-hydrogen) atoms. The van der Waals surface area contributed by atoms with Crippen LogP contribution in [0.1, 0.15) is 36.9 Å². The van der Waals surface area contributed by atoms with Crippen molar-refractivity contribution in [1.82, 2.24) is 10.2 Å². The van der Waals surface area contributed by atoms with Gasteiger partial charge in [-0.25, -0.2) is 0 Å². The van der Waals surface area contributed by atoms with Crippen molar-refractivity contribution in [2.75, 3.05) is 12.4 Å². The Morgan fingerprint density at radius 3 is 2.71 bits per heavy atom. The number of hydrogen-bond donors (Lipinski definition) is 2. The zero-order valence-corrected chi connectivity index (χ0v) is 19.7. The van der Waals surface area contributed by atoms with Crippen LogP contribution in [0.2, 0.25) is 0 Å². The number of aromatic nitrogens is 2. The lowest BCUT2D eigenvalue weighted by molar-refractivity contribution is -0.122. The minimum atomic E-state index is -0.0220. The normalized spacial score (nSPS) is 18.1. The van der Waals surface area contributed by atoms with Crippen LogP contribution in [0.3, 0.4) is 0 Å². The molecule has 2 unspecified atom stereocenters. The Morgan fingerprint density at radius 2 is 1.86 bits per heavy atom. The summed E-state index contributed by atoms with van der Waals surface area (Å²) in [7, 11) is 1.72. The van der Waals surface area contributed by atoms with Crippen molar-refractivity contribution in [3.63, 3.8) is 0 Å². The highest BCUT2D eigenvalue weighted by Gasteiger charge is 2.27. The number of fused-ring (bicyclic) bond motifs is 1. The van der Waals surface area contributed by atoms with Crippen LogP contribution in [0.4, 0.5) is 5.69 Å². The Hall–Kier alpha value is -3.90. The van der Waals surface area contributed by atoms with Crippen LogP contribution in [-0.2, 0) is 9.53 Å². The van der Waals surface area contributed by atoms with Crippen LogP contribution in [0.15, 0.2) is 72.8 Å². The molecule has 1 aliphatic carbocycles. The second-order valence-corrected chi connectivity index (χ2v) is 8.90. The molecule has 5 rings (SSSR count). The lowest BCUT2D eigenvalue weighted by Gasteiger charge is -2.27. The number of H-pyrrole nitrogens is 1. The molecule has 1 saturated carbocycles. The van der Waals surface area contributed by atoms with Crippen LogP contribution in [0.25, 0.3) is 23.1 Å². The maximum absolute atomic E-state index is 12.8. The monoisotopic (exact) mass is 467 g/mol. The van der Waals surface area contributed by atoms with E-state index in [1.807, 2.05) is 72.8 Å². The van der Waals surface area contributed by atoms with E-state index in [1.54, 1.807) is 7.11 Å². The van der Waals surface area contributed by atoms with Crippen molar-refractivity contribution < 1.29 is 14.3 Å². The van der Waals surface area contributed by atoms with E-state index in [1.165, 1.54) is 0 Å². The number of ether oxygens (including phenoxy) is 2. The van der Waals surface area contributed by atoms with Crippen LogP contribution in [0, 0.1) is 5.92 Å². The van der Waals surface area contributed by atoms with Gasteiger partial charge in [0.15, 0.2) is 0 Å². The van der Waals surface area contributed by atoms with Gasteiger partial charge < -0.3 is 14.8 Å². The fourth-order valence-corrected chi connectivity index (χ4v) is 4.56. The maximum atomic E-state index is 12.8. The molecule has 1 amide bonds. The highest BCUT2D eigenvalue weighted by Crippen LogP contribution is 2.30. The van der Waals surface area contributed by atoms with Crippen molar-refractivity contribution in [1.29, 1.82) is 0 Å². The van der Waals surface area contributed by atoms with Gasteiger partial charge in [-0.3, -0.25) is 9.89 Å². The Balaban J connectivity index is 1.26. The van der Waals surface area contributed by atoms with Gasteiger partial charge in [-0.1, -0.05) is 48.9 Å². The van der Waals surface area contributed by atoms with Crippen LogP contribution < -0.4 is 10.1 Å². The molecule has 0 aliphatic heterocycles. The quantitative estimate of drug-likeness (QED) is 0.318. The first-order valence-corrected chi connectivity index (χ1v) is 12.0. The first-order chi connectivity index (χ1) is 17.2. The number of carbonyl (C=O) groups excluding carboxylic acids is 1. The molecule has 2 atom stereocenters. The molecule has 1 aliphatic rings. The van der Waals surface area contributed by atoms with Crippen molar-refractivity contribution in [2.45, 2.75) is 31.8 Å². The number of rotatable bonds is 7. The molecule has 0 spiro atoms. The summed E-state index contributed by atoms with van der Waals surface area (Å²) in [6.45, 7) is 0. The van der Waals surface area contributed by atoms with E-state index in [9.17, 15) is 4.79 Å². The first kappa shape index (κ1) is 22.9. The average molecular weight is 468 g/mol. The van der Waals surface area contributed by atoms with E-state index in [2.05, 4.69) is 27.6 Å². The topological polar surface area (TPSA) is 76.2 Å². The summed E-state index contributed by atoms with van der Waals surface area (Å²) in [5.74, 6) is 1.37. The second-order valence-electron chi connectivity index (χ2n) is 8.90. The molecule has 6 heteroatoms. The summed E-state index contributed by atoms with van der Waals surface area (Å²) < 4.78 is 11.6. The summed E-state index contributed by atoms with van der Waals surface area (Å²) in [4.78, 5) is 12.8. The average Bonchev–Trinajstić information content (AvgIpc) is 3.30. The van der Waals surface area contributed by atoms with Gasteiger partial charge in [0.1, 0.15) is 11.5 Å². The molecule has 6 nitrogen and oxygen atoms in total. The largest absolute Gasteiger partial charge is 0.457 e. The van der Waals surface area contributed by atoms with Gasteiger partial charge in [0.2, 0.25) is 5.91 Å². The number of anilines is 1. The summed E-state index contributed by atoms with van der Waals surface area (Å²) >= 11 is 0. The number of carbonyl (C=O) groups is 1. The number of hydrogen-bond acceptors (Lipinski definition) is 4. The first-order valence-electron chi connectivity index (χ1n) is 12.0. The lowest BCUT2D eigenvalue weighted by atomic mass is 9.86. The van der Waals surface area contributed by atoms with Gasteiger partial charge in [-0.2, -0.15) is 5.10 Å². The number of nitrogens with zero attached hydrogens (tertiary/aromatic N) is 1. The van der Waals surface area contributed by atoms with E-state index in [0.717, 1.165) is 53.5 Å². The summed E-state index contributed by atoms with van der Waals surface area (Å²) in [5.41, 5.74) is 3.61. The third-order valence-corrected chi connectivity index (χ3v) is 6.46. The van der Waals surface area contributed by atoms with E-state index in [4.69, 9.17) is 9.47 Å². The van der Waals surface area contributed by atoms with Crippen LogP contribution >= 0.6 is 0 Å². The zero-order chi connectivity index (χ0) is 24.0. The molecule has 0 bridgehead atoms. The fraction of sp³-hybridized carbons (Fsp3) is 0.241. The van der Waals surface area contributed by atoms with Gasteiger partial charge in [0.05, 0.1) is 17.3 Å². The van der Waals surface area contributed by atoms with Crippen molar-refractivity contribution in [3.05, 3.63) is 84.1 Å². The predicted molar refractivity (Wildman–Crippen MR) is 139 cm³/mol. The number of amides is 1. The number of aromatic amines is 1. The standard InChI is InChI=1S/C29H29N3O3/c1-34-23-11-5-9-21(17-23)29(33)30-22-10-6-12-24(18-22)35-25-14-15-26-27(31-32-28(26)19-25)16-13-20-7-3-2-4-8-20/h2-4,6-8,10,12-16,18-19,21,23H,5,9,11,17H2,1H3,(H,30,33)(H,31,32)/b16-13+. The molecule has 2 N–H and O–H groups in total. The predicted octanol–water partition coefficient (Wildman–Crippen LogP) is 6.67. The second kappa shape index (κ2) is 10.6. The number of benzene rings is 3. The van der Waals surface area contributed by atoms with E-state index >= 15 is 0 Å². The van der Waals surface area contributed by atoms with Crippen molar-refractivity contribution >= 4 is 34.6 Å². The molecule has 0 saturated heterocycles. The molecule has 1 heterocycles. The molecule has 1 aromatic heterocycles. The molecule has 3 aromatic carbocycles.